The molecule has 1 aromatic carbocycles. The van der Waals surface area contributed by atoms with Gasteiger partial charge in [0.15, 0.2) is 6.10 Å². The molecule has 1 fully saturated rings. The van der Waals surface area contributed by atoms with Crippen molar-refractivity contribution in [3.05, 3.63) is 41.5 Å². The first-order valence-corrected chi connectivity index (χ1v) is 16.4. The topological polar surface area (TPSA) is 205 Å². The Hall–Kier alpha value is -4.05. The van der Waals surface area contributed by atoms with Gasteiger partial charge in [-0.05, 0) is 36.5 Å². The van der Waals surface area contributed by atoms with Gasteiger partial charge < -0.3 is 49.3 Å². The van der Waals surface area contributed by atoms with Crippen LogP contribution in [0.2, 0.25) is 0 Å². The van der Waals surface area contributed by atoms with Crippen molar-refractivity contribution in [2.24, 2.45) is 5.92 Å². The summed E-state index contributed by atoms with van der Waals surface area (Å²) < 4.78 is 33.2. The summed E-state index contributed by atoms with van der Waals surface area (Å²) in [7, 11) is 0. The molecule has 0 aromatic heterocycles. The second-order valence-corrected chi connectivity index (χ2v) is 12.0. The fourth-order valence-corrected chi connectivity index (χ4v) is 5.39. The van der Waals surface area contributed by atoms with E-state index >= 15 is 0 Å². The van der Waals surface area contributed by atoms with Crippen LogP contribution >= 0.6 is 0 Å². The molecule has 0 bridgehead atoms. The van der Waals surface area contributed by atoms with Crippen LogP contribution in [0.25, 0.3) is 0 Å². The Morgan fingerprint density at radius 2 is 1.59 bits per heavy atom. The number of aliphatic hydroxyl groups is 2. The lowest BCUT2D eigenvalue weighted by atomic mass is 9.98. The van der Waals surface area contributed by atoms with Crippen LogP contribution in [0.5, 0.6) is 5.75 Å². The van der Waals surface area contributed by atoms with Crippen LogP contribution in [0, 0.1) is 5.92 Å². The van der Waals surface area contributed by atoms with E-state index in [2.05, 4.69) is 23.6 Å². The van der Waals surface area contributed by atoms with Crippen LogP contribution in [0.15, 0.2) is 30.4 Å². The molecular formula is C34H48N2O13. The number of aliphatic hydroxyl groups excluding tert-OH is 2. The number of nitrogens with one attached hydrogen (secondary N) is 2. The first-order valence-electron chi connectivity index (χ1n) is 16.4. The van der Waals surface area contributed by atoms with Gasteiger partial charge in [0.25, 0.3) is 5.91 Å². The van der Waals surface area contributed by atoms with E-state index in [1.807, 2.05) is 6.08 Å². The van der Waals surface area contributed by atoms with Crippen LogP contribution < -0.4 is 15.4 Å². The SMILES string of the molecule is CC(=O)OC[C@H]1O[C@@H](Oc2ccc(CO)cc2C(=O)NCCNC(=O)COC2/C=C\C(C)CCCCC2)[C@H](OC(C)=O)[C@@H](OC(C)=O)[C@@H]1O. The van der Waals surface area contributed by atoms with Crippen LogP contribution in [0.4, 0.5) is 0 Å². The minimum Gasteiger partial charge on any atom is -0.463 e. The number of ether oxygens (including phenoxy) is 6. The van der Waals surface area contributed by atoms with Gasteiger partial charge in [-0.3, -0.25) is 24.0 Å². The highest BCUT2D eigenvalue weighted by atomic mass is 16.7. The molecule has 2 amide bonds. The maximum absolute atomic E-state index is 13.3. The molecule has 2 unspecified atom stereocenters. The van der Waals surface area contributed by atoms with Crippen molar-refractivity contribution in [2.75, 3.05) is 26.3 Å². The highest BCUT2D eigenvalue weighted by molar-refractivity contribution is 5.97. The number of carbonyl (C=O) groups excluding carboxylic acids is 5. The number of benzene rings is 1. The summed E-state index contributed by atoms with van der Waals surface area (Å²) in [5, 5.41) is 26.0. The quantitative estimate of drug-likeness (QED) is 0.0945. The van der Waals surface area contributed by atoms with Gasteiger partial charge in [0.2, 0.25) is 18.3 Å². The Kier molecular flexibility index (Phi) is 15.9. The van der Waals surface area contributed by atoms with E-state index in [0.29, 0.717) is 11.5 Å². The van der Waals surface area contributed by atoms with Crippen molar-refractivity contribution in [3.8, 4) is 5.75 Å². The Labute approximate surface area is 285 Å². The third-order valence-electron chi connectivity index (χ3n) is 7.85. The number of amides is 2. The molecule has 4 N–H and O–H groups in total. The van der Waals surface area contributed by atoms with Gasteiger partial charge in [-0.1, -0.05) is 44.4 Å². The van der Waals surface area contributed by atoms with Gasteiger partial charge >= 0.3 is 17.9 Å². The third-order valence-corrected chi connectivity index (χ3v) is 7.85. The molecule has 49 heavy (non-hydrogen) atoms. The van der Waals surface area contributed by atoms with Gasteiger partial charge in [-0.15, -0.1) is 0 Å². The number of hydrogen-bond acceptors (Lipinski definition) is 13. The Morgan fingerprint density at radius 3 is 2.29 bits per heavy atom. The summed E-state index contributed by atoms with van der Waals surface area (Å²) in [5.41, 5.74) is 0.331. The molecule has 3 rings (SSSR count). The second kappa shape index (κ2) is 19.8. The van der Waals surface area contributed by atoms with Crippen molar-refractivity contribution in [3.63, 3.8) is 0 Å². The molecule has 0 saturated carbocycles. The number of carbonyl (C=O) groups is 5. The summed E-state index contributed by atoms with van der Waals surface area (Å²) in [4.78, 5) is 61.1. The molecule has 1 saturated heterocycles. The molecule has 1 aliphatic heterocycles. The van der Waals surface area contributed by atoms with Crippen LogP contribution in [0.3, 0.4) is 0 Å². The van der Waals surface area contributed by atoms with Crippen LogP contribution in [-0.4, -0.2) is 103 Å². The average Bonchev–Trinajstić information content (AvgIpc) is 3.15. The van der Waals surface area contributed by atoms with E-state index in [-0.39, 0.29) is 43.0 Å². The smallest absolute Gasteiger partial charge is 0.303 e. The zero-order chi connectivity index (χ0) is 35.9. The number of hydrogen-bond donors (Lipinski definition) is 4. The van der Waals surface area contributed by atoms with Crippen molar-refractivity contribution >= 4 is 29.7 Å². The predicted molar refractivity (Wildman–Crippen MR) is 172 cm³/mol. The molecule has 0 spiro atoms. The highest BCUT2D eigenvalue weighted by Crippen LogP contribution is 2.31. The van der Waals surface area contributed by atoms with Gasteiger partial charge in [0.1, 0.15) is 31.2 Å². The largest absolute Gasteiger partial charge is 0.463 e. The normalized spacial score (nSPS) is 26.1. The zero-order valence-corrected chi connectivity index (χ0v) is 28.4. The zero-order valence-electron chi connectivity index (χ0n) is 28.4. The first-order chi connectivity index (χ1) is 23.4. The van der Waals surface area contributed by atoms with Gasteiger partial charge in [-0.25, -0.2) is 0 Å². The molecule has 2 aliphatic rings. The lowest BCUT2D eigenvalue weighted by Gasteiger charge is -2.42. The third kappa shape index (κ3) is 13.1. The fraction of sp³-hybridized carbons (Fsp3) is 0.618. The van der Waals surface area contributed by atoms with Gasteiger partial charge in [0.05, 0.1) is 18.3 Å². The molecule has 272 valence electrons. The fourth-order valence-electron chi connectivity index (χ4n) is 5.39. The Bertz CT molecular complexity index is 1320. The lowest BCUT2D eigenvalue weighted by Crippen LogP contribution is -2.62. The maximum Gasteiger partial charge on any atom is 0.303 e. The summed E-state index contributed by atoms with van der Waals surface area (Å²) in [6.45, 7) is 4.66. The summed E-state index contributed by atoms with van der Waals surface area (Å²) in [6.07, 6.45) is 1.92. The standard InChI is InChI=1S/C34H48N2O13/c1-20-8-6-5-7-9-25(12-10-20)45-19-29(41)35-14-15-36-33(43)26-16-24(17-37)11-13-27(26)48-34-32(47-23(4)40)31(46-22(3)39)30(42)28(49-34)18-44-21(2)38/h10-13,16,20,25,28,30-32,34,37,42H,5-9,14-15,17-19H2,1-4H3,(H,35,41)(H,36,43)/b12-10-/t20?,25?,28-,30-,31+,32-,34-/m1/s1. The number of rotatable bonds is 14. The van der Waals surface area contributed by atoms with Crippen molar-refractivity contribution in [1.82, 2.24) is 10.6 Å². The van der Waals surface area contributed by atoms with E-state index < -0.39 is 67.7 Å². The minimum absolute atomic E-state index is 0.0371. The monoisotopic (exact) mass is 692 g/mol. The van der Waals surface area contributed by atoms with Crippen molar-refractivity contribution in [1.29, 1.82) is 0 Å². The number of esters is 3. The van der Waals surface area contributed by atoms with Gasteiger partial charge in [0, 0.05) is 33.9 Å². The molecule has 1 aliphatic carbocycles. The Morgan fingerprint density at radius 1 is 0.898 bits per heavy atom. The van der Waals surface area contributed by atoms with Crippen molar-refractivity contribution < 1.29 is 62.6 Å². The highest BCUT2D eigenvalue weighted by Gasteiger charge is 2.51. The molecule has 0 radical (unpaired) electrons. The minimum atomic E-state index is -1.59. The molecular weight excluding hydrogens is 644 g/mol. The molecule has 15 nitrogen and oxygen atoms in total. The Balaban J connectivity index is 1.68. The molecule has 1 heterocycles. The predicted octanol–water partition coefficient (Wildman–Crippen LogP) is 1.46. The van der Waals surface area contributed by atoms with Crippen LogP contribution in [0.1, 0.15) is 75.7 Å². The van der Waals surface area contributed by atoms with Crippen molar-refractivity contribution in [2.45, 2.75) is 103 Å². The van der Waals surface area contributed by atoms with E-state index in [4.69, 9.17) is 28.4 Å². The summed E-state index contributed by atoms with van der Waals surface area (Å²) in [5.74, 6) is -2.85. The maximum atomic E-state index is 13.3. The van der Waals surface area contributed by atoms with E-state index in [9.17, 15) is 34.2 Å². The molecule has 1 aromatic rings. The molecule has 7 atom stereocenters. The summed E-state index contributed by atoms with van der Waals surface area (Å²) in [6, 6.07) is 4.24. The second-order valence-electron chi connectivity index (χ2n) is 12.0. The first kappa shape index (κ1) is 39.4. The molecule has 15 heteroatoms. The van der Waals surface area contributed by atoms with E-state index in [0.717, 1.165) is 46.5 Å². The van der Waals surface area contributed by atoms with E-state index in [1.165, 1.54) is 24.6 Å². The van der Waals surface area contributed by atoms with Gasteiger partial charge in [-0.2, -0.15) is 0 Å². The number of allylic oxidation sites excluding steroid dienone is 1. The summed E-state index contributed by atoms with van der Waals surface area (Å²) >= 11 is 0. The van der Waals surface area contributed by atoms with E-state index in [1.54, 1.807) is 0 Å². The lowest BCUT2D eigenvalue weighted by molar-refractivity contribution is -0.285. The van der Waals surface area contributed by atoms with Crippen LogP contribution in [-0.2, 0) is 49.5 Å². The average molecular weight is 693 g/mol.